The molecule has 0 saturated carbocycles. The SMILES string of the molecule is CN=C(NCCCOc1cc(OC)cc(OC)c1)NC1CC2CCC1O2.I. The molecule has 152 valence electrons. The van der Waals surface area contributed by atoms with E-state index in [9.17, 15) is 0 Å². The first kappa shape index (κ1) is 21.9. The number of hydrogen-bond donors (Lipinski definition) is 2. The third-order valence-electron chi connectivity index (χ3n) is 4.86. The molecule has 7 nitrogen and oxygen atoms in total. The molecule has 0 aliphatic carbocycles. The summed E-state index contributed by atoms with van der Waals surface area (Å²) in [5.74, 6) is 3.00. The fraction of sp³-hybridized carbons (Fsp3) is 0.632. The van der Waals surface area contributed by atoms with E-state index < -0.39 is 0 Å². The number of methoxy groups -OCH3 is 2. The van der Waals surface area contributed by atoms with Gasteiger partial charge in [0.15, 0.2) is 5.96 Å². The highest BCUT2D eigenvalue weighted by Gasteiger charge is 2.41. The molecule has 2 bridgehead atoms. The van der Waals surface area contributed by atoms with Crippen molar-refractivity contribution in [1.82, 2.24) is 10.6 Å². The summed E-state index contributed by atoms with van der Waals surface area (Å²) < 4.78 is 22.2. The van der Waals surface area contributed by atoms with Crippen molar-refractivity contribution in [2.24, 2.45) is 4.99 Å². The van der Waals surface area contributed by atoms with E-state index in [0.717, 1.165) is 49.0 Å². The molecule has 0 amide bonds. The Morgan fingerprint density at radius 2 is 1.85 bits per heavy atom. The molecule has 3 unspecified atom stereocenters. The zero-order valence-electron chi connectivity index (χ0n) is 16.2. The third kappa shape index (κ3) is 6.03. The summed E-state index contributed by atoms with van der Waals surface area (Å²) in [6, 6.07) is 5.90. The predicted molar refractivity (Wildman–Crippen MR) is 116 cm³/mol. The first-order valence-corrected chi connectivity index (χ1v) is 9.20. The minimum Gasteiger partial charge on any atom is -0.496 e. The fourth-order valence-corrected chi connectivity index (χ4v) is 3.49. The Balaban J connectivity index is 0.00000261. The normalized spacial score (nSPS) is 23.5. The number of fused-ring (bicyclic) bond motifs is 2. The quantitative estimate of drug-likeness (QED) is 0.252. The molecule has 2 heterocycles. The zero-order valence-corrected chi connectivity index (χ0v) is 18.5. The fourth-order valence-electron chi connectivity index (χ4n) is 3.49. The van der Waals surface area contributed by atoms with Crippen molar-refractivity contribution < 1.29 is 18.9 Å². The van der Waals surface area contributed by atoms with Crippen molar-refractivity contribution >= 4 is 29.9 Å². The number of nitrogens with zero attached hydrogens (tertiary/aromatic N) is 1. The maximum atomic E-state index is 5.87. The molecule has 27 heavy (non-hydrogen) atoms. The Bertz CT molecular complexity index is 607. The number of ether oxygens (including phenoxy) is 4. The topological polar surface area (TPSA) is 73.3 Å². The van der Waals surface area contributed by atoms with Crippen molar-refractivity contribution in [3.8, 4) is 17.2 Å². The van der Waals surface area contributed by atoms with E-state index in [-0.39, 0.29) is 24.0 Å². The van der Waals surface area contributed by atoms with E-state index in [1.54, 1.807) is 21.3 Å². The van der Waals surface area contributed by atoms with Gasteiger partial charge < -0.3 is 29.6 Å². The van der Waals surface area contributed by atoms with Gasteiger partial charge in [0.25, 0.3) is 0 Å². The van der Waals surface area contributed by atoms with E-state index >= 15 is 0 Å². The maximum Gasteiger partial charge on any atom is 0.191 e. The van der Waals surface area contributed by atoms with Crippen LogP contribution in [-0.4, -0.2) is 58.6 Å². The van der Waals surface area contributed by atoms with Gasteiger partial charge in [-0.1, -0.05) is 0 Å². The van der Waals surface area contributed by atoms with Crippen LogP contribution in [0.2, 0.25) is 0 Å². The van der Waals surface area contributed by atoms with Gasteiger partial charge in [-0.05, 0) is 25.7 Å². The van der Waals surface area contributed by atoms with Gasteiger partial charge >= 0.3 is 0 Å². The Labute approximate surface area is 178 Å². The summed E-state index contributed by atoms with van der Waals surface area (Å²) in [6.45, 7) is 1.38. The van der Waals surface area contributed by atoms with Crippen LogP contribution in [-0.2, 0) is 4.74 Å². The zero-order chi connectivity index (χ0) is 18.4. The molecule has 2 aliphatic heterocycles. The van der Waals surface area contributed by atoms with Gasteiger partial charge in [0.1, 0.15) is 17.2 Å². The summed E-state index contributed by atoms with van der Waals surface area (Å²) in [5, 5.41) is 6.82. The minimum atomic E-state index is 0. The minimum absolute atomic E-state index is 0. The second-order valence-corrected chi connectivity index (χ2v) is 6.61. The van der Waals surface area contributed by atoms with Gasteiger partial charge in [0.05, 0.1) is 39.1 Å². The summed E-state index contributed by atoms with van der Waals surface area (Å²) >= 11 is 0. The molecular formula is C19H30IN3O4. The molecule has 2 aliphatic rings. The number of rotatable bonds is 8. The van der Waals surface area contributed by atoms with Crippen LogP contribution in [0.4, 0.5) is 0 Å². The Hall–Kier alpha value is -1.42. The van der Waals surface area contributed by atoms with Gasteiger partial charge in [0.2, 0.25) is 0 Å². The number of guanidine groups is 1. The van der Waals surface area contributed by atoms with Crippen molar-refractivity contribution in [3.05, 3.63) is 18.2 Å². The Morgan fingerprint density at radius 3 is 2.41 bits per heavy atom. The van der Waals surface area contributed by atoms with Crippen molar-refractivity contribution in [2.75, 3.05) is 34.4 Å². The average molecular weight is 491 g/mol. The van der Waals surface area contributed by atoms with Gasteiger partial charge in [-0.2, -0.15) is 0 Å². The molecule has 1 aromatic carbocycles. The number of halogens is 1. The lowest BCUT2D eigenvalue weighted by atomic mass is 9.96. The molecule has 3 atom stereocenters. The highest BCUT2D eigenvalue weighted by Crippen LogP contribution is 2.34. The van der Waals surface area contributed by atoms with Crippen LogP contribution in [0.25, 0.3) is 0 Å². The number of hydrogen-bond acceptors (Lipinski definition) is 5. The highest BCUT2D eigenvalue weighted by molar-refractivity contribution is 14.0. The molecule has 2 saturated heterocycles. The van der Waals surface area contributed by atoms with Crippen LogP contribution in [0, 0.1) is 0 Å². The lowest BCUT2D eigenvalue weighted by molar-refractivity contribution is 0.0992. The van der Waals surface area contributed by atoms with Gasteiger partial charge in [0, 0.05) is 31.8 Å². The van der Waals surface area contributed by atoms with E-state index in [2.05, 4.69) is 15.6 Å². The largest absolute Gasteiger partial charge is 0.496 e. The van der Waals surface area contributed by atoms with Crippen molar-refractivity contribution in [1.29, 1.82) is 0 Å². The number of nitrogens with one attached hydrogen (secondary N) is 2. The van der Waals surface area contributed by atoms with E-state index in [4.69, 9.17) is 18.9 Å². The molecule has 0 aromatic heterocycles. The molecule has 1 aromatic rings. The molecule has 0 radical (unpaired) electrons. The standard InChI is InChI=1S/C19H29N3O4.HI/c1-20-19(22-17-12-13-5-6-18(17)26-13)21-7-4-8-25-16-10-14(23-2)9-15(11-16)24-3;/h9-11,13,17-18H,4-8,12H2,1-3H3,(H2,20,21,22);1H. The van der Waals surface area contributed by atoms with Crippen LogP contribution in [0.5, 0.6) is 17.2 Å². The Kier molecular flexibility index (Phi) is 8.75. The lowest BCUT2D eigenvalue weighted by Gasteiger charge is -2.22. The van der Waals surface area contributed by atoms with Crippen molar-refractivity contribution in [2.45, 2.75) is 43.9 Å². The van der Waals surface area contributed by atoms with Gasteiger partial charge in [-0.25, -0.2) is 0 Å². The summed E-state index contributed by atoms with van der Waals surface area (Å²) in [4.78, 5) is 4.30. The first-order valence-electron chi connectivity index (χ1n) is 9.20. The average Bonchev–Trinajstić information content (AvgIpc) is 3.29. The molecule has 2 N–H and O–H groups in total. The van der Waals surface area contributed by atoms with Gasteiger partial charge in [-0.3, -0.25) is 4.99 Å². The first-order chi connectivity index (χ1) is 12.7. The van der Waals surface area contributed by atoms with E-state index in [0.29, 0.717) is 24.9 Å². The second kappa shape index (κ2) is 10.8. The van der Waals surface area contributed by atoms with Gasteiger partial charge in [-0.15, -0.1) is 24.0 Å². The highest BCUT2D eigenvalue weighted by atomic mass is 127. The van der Waals surface area contributed by atoms with Crippen molar-refractivity contribution in [3.63, 3.8) is 0 Å². The van der Waals surface area contributed by atoms with Crippen LogP contribution in [0.1, 0.15) is 25.7 Å². The molecule has 8 heteroatoms. The molecule has 2 fully saturated rings. The van der Waals surface area contributed by atoms with Crippen LogP contribution in [0.3, 0.4) is 0 Å². The second-order valence-electron chi connectivity index (χ2n) is 6.61. The van der Waals surface area contributed by atoms with E-state index in [1.165, 1.54) is 6.42 Å². The third-order valence-corrected chi connectivity index (χ3v) is 4.86. The Morgan fingerprint density at radius 1 is 1.15 bits per heavy atom. The summed E-state index contributed by atoms with van der Waals surface area (Å²) in [5.41, 5.74) is 0. The lowest BCUT2D eigenvalue weighted by Crippen LogP contribution is -2.47. The van der Waals surface area contributed by atoms with Crippen LogP contribution < -0.4 is 24.8 Å². The predicted octanol–water partition coefficient (Wildman–Crippen LogP) is 2.58. The number of aliphatic imine (C=N–C) groups is 1. The maximum absolute atomic E-state index is 5.87. The monoisotopic (exact) mass is 491 g/mol. The molecular weight excluding hydrogens is 461 g/mol. The molecule has 3 rings (SSSR count). The molecule has 0 spiro atoms. The van der Waals surface area contributed by atoms with E-state index in [1.807, 2.05) is 18.2 Å². The summed E-state index contributed by atoms with van der Waals surface area (Å²) in [7, 11) is 5.05. The smallest absolute Gasteiger partial charge is 0.191 e. The van der Waals surface area contributed by atoms with Crippen LogP contribution in [0.15, 0.2) is 23.2 Å². The number of benzene rings is 1. The van der Waals surface area contributed by atoms with Crippen LogP contribution >= 0.6 is 24.0 Å². The summed E-state index contributed by atoms with van der Waals surface area (Å²) in [6.07, 6.45) is 5.05.